The summed E-state index contributed by atoms with van der Waals surface area (Å²) in [6.45, 7) is 4.50. The lowest BCUT2D eigenvalue weighted by atomic mass is 9.97. The van der Waals surface area contributed by atoms with Gasteiger partial charge in [0.15, 0.2) is 0 Å². The number of nitrogens with zero attached hydrogens (tertiary/aromatic N) is 1. The Kier molecular flexibility index (Phi) is 10.6. The zero-order valence-electron chi connectivity index (χ0n) is 21.4. The largest absolute Gasteiger partial charge is 0.447 e. The van der Waals surface area contributed by atoms with Crippen molar-refractivity contribution in [3.05, 3.63) is 34.9 Å². The summed E-state index contributed by atoms with van der Waals surface area (Å²) in [6, 6.07) is 5.53. The summed E-state index contributed by atoms with van der Waals surface area (Å²) in [5.74, 6) is -0.700. The molecule has 0 unspecified atom stereocenters. The molecule has 0 spiro atoms. The summed E-state index contributed by atoms with van der Waals surface area (Å²) in [6.07, 6.45) is 1.53. The maximum atomic E-state index is 13.0. The number of alkyl carbamates (subject to hydrolysis) is 1. The summed E-state index contributed by atoms with van der Waals surface area (Å²) < 4.78 is 5.43. The molecule has 10 nitrogen and oxygen atoms in total. The highest BCUT2D eigenvalue weighted by Crippen LogP contribution is 2.23. The Labute approximate surface area is 222 Å². The van der Waals surface area contributed by atoms with Crippen molar-refractivity contribution in [1.82, 2.24) is 20.9 Å². The van der Waals surface area contributed by atoms with Crippen molar-refractivity contribution >= 4 is 35.4 Å². The molecular formula is C26H37ClN4O6. The minimum atomic E-state index is -0.869. The number of aliphatic hydroxyl groups is 1. The van der Waals surface area contributed by atoms with Crippen LogP contribution in [0, 0.1) is 11.8 Å². The Morgan fingerprint density at radius 3 is 2.68 bits per heavy atom. The Balaban J connectivity index is 1.53. The standard InChI is InChI=1S/C26H37ClN4O6/c1-16(2)10-22(25(35)29-20(14-32)12-18-8-9-28-24(18)34)30-26(36)37-15-21-6-7-23(33)31(21)13-17-4-3-5-19(27)11-17/h3-5,11,16,18,20-22,32H,6-10,12-15H2,1-2H3,(H,28,34)(H,29,35)(H,30,36)/t18-,20-,21-,22-/m0/s1. The maximum absolute atomic E-state index is 13.0. The third-order valence-corrected chi connectivity index (χ3v) is 6.95. The SMILES string of the molecule is CC(C)C[C@H](NC(=O)OC[C@@H]1CCC(=O)N1Cc1cccc(Cl)c1)C(=O)N[C@H](CO)C[C@@H]1CCNC1=O. The Bertz CT molecular complexity index is 974. The molecule has 2 saturated heterocycles. The third-order valence-electron chi connectivity index (χ3n) is 6.72. The van der Waals surface area contributed by atoms with E-state index in [0.717, 1.165) is 5.56 Å². The molecule has 4 amide bonds. The van der Waals surface area contributed by atoms with E-state index in [-0.39, 0.29) is 42.9 Å². The average Bonchev–Trinajstić information content (AvgIpc) is 3.41. The van der Waals surface area contributed by atoms with Gasteiger partial charge in [0.25, 0.3) is 0 Å². The van der Waals surface area contributed by atoms with Crippen LogP contribution in [0.4, 0.5) is 4.79 Å². The zero-order chi connectivity index (χ0) is 26.9. The second kappa shape index (κ2) is 13.6. The highest BCUT2D eigenvalue weighted by atomic mass is 35.5. The molecule has 0 aliphatic carbocycles. The molecule has 0 saturated carbocycles. The van der Waals surface area contributed by atoms with Crippen molar-refractivity contribution in [2.75, 3.05) is 19.8 Å². The van der Waals surface area contributed by atoms with Crippen molar-refractivity contribution in [1.29, 1.82) is 0 Å². The first-order chi connectivity index (χ1) is 17.7. The van der Waals surface area contributed by atoms with Crippen LogP contribution in [-0.4, -0.2) is 71.7 Å². The molecule has 0 aromatic heterocycles. The topological polar surface area (TPSA) is 137 Å². The predicted molar refractivity (Wildman–Crippen MR) is 138 cm³/mol. The summed E-state index contributed by atoms with van der Waals surface area (Å²) >= 11 is 6.06. The van der Waals surface area contributed by atoms with Gasteiger partial charge in [-0.25, -0.2) is 4.79 Å². The number of nitrogens with one attached hydrogen (secondary N) is 3. The molecular weight excluding hydrogens is 500 g/mol. The van der Waals surface area contributed by atoms with Gasteiger partial charge in [-0.15, -0.1) is 0 Å². The zero-order valence-corrected chi connectivity index (χ0v) is 22.1. The van der Waals surface area contributed by atoms with Crippen molar-refractivity contribution in [2.24, 2.45) is 11.8 Å². The van der Waals surface area contributed by atoms with E-state index in [9.17, 15) is 24.3 Å². The Morgan fingerprint density at radius 1 is 1.24 bits per heavy atom. The van der Waals surface area contributed by atoms with E-state index in [1.54, 1.807) is 17.0 Å². The minimum Gasteiger partial charge on any atom is -0.447 e. The summed E-state index contributed by atoms with van der Waals surface area (Å²) in [5, 5.41) is 18.5. The van der Waals surface area contributed by atoms with Gasteiger partial charge in [-0.1, -0.05) is 37.6 Å². The first kappa shape index (κ1) is 28.7. The second-order valence-corrected chi connectivity index (χ2v) is 10.6. The fraction of sp³-hybridized carbons (Fsp3) is 0.615. The summed E-state index contributed by atoms with van der Waals surface area (Å²) in [4.78, 5) is 51.6. The van der Waals surface area contributed by atoms with E-state index in [1.165, 1.54) is 0 Å². The van der Waals surface area contributed by atoms with E-state index in [0.29, 0.717) is 50.2 Å². The highest BCUT2D eigenvalue weighted by molar-refractivity contribution is 6.30. The minimum absolute atomic E-state index is 0.00418. The lowest BCUT2D eigenvalue weighted by molar-refractivity contribution is -0.130. The number of likely N-dealkylation sites (tertiary alicyclic amines) is 1. The fourth-order valence-electron chi connectivity index (χ4n) is 4.77. The van der Waals surface area contributed by atoms with Gasteiger partial charge in [-0.05, 0) is 49.3 Å². The van der Waals surface area contributed by atoms with E-state index in [4.69, 9.17) is 16.3 Å². The quantitative estimate of drug-likeness (QED) is 0.322. The monoisotopic (exact) mass is 536 g/mol. The van der Waals surface area contributed by atoms with E-state index in [2.05, 4.69) is 16.0 Å². The van der Waals surface area contributed by atoms with E-state index in [1.807, 2.05) is 26.0 Å². The van der Waals surface area contributed by atoms with Gasteiger partial charge in [0, 0.05) is 30.5 Å². The number of amides is 4. The van der Waals surface area contributed by atoms with Crippen molar-refractivity contribution in [3.63, 3.8) is 0 Å². The Morgan fingerprint density at radius 2 is 2.03 bits per heavy atom. The van der Waals surface area contributed by atoms with Crippen molar-refractivity contribution < 1.29 is 29.0 Å². The predicted octanol–water partition coefficient (Wildman–Crippen LogP) is 1.98. The summed E-state index contributed by atoms with van der Waals surface area (Å²) in [5.41, 5.74) is 0.888. The molecule has 2 fully saturated rings. The number of benzene rings is 1. The van der Waals surface area contributed by atoms with Gasteiger partial charge < -0.3 is 30.7 Å². The van der Waals surface area contributed by atoms with Crippen LogP contribution in [0.15, 0.2) is 24.3 Å². The van der Waals surface area contributed by atoms with Crippen LogP contribution in [0.1, 0.15) is 51.5 Å². The van der Waals surface area contributed by atoms with Gasteiger partial charge >= 0.3 is 6.09 Å². The van der Waals surface area contributed by atoms with Gasteiger partial charge in [-0.2, -0.15) is 0 Å². The molecule has 0 bridgehead atoms. The Hall–Kier alpha value is -2.85. The molecule has 204 valence electrons. The molecule has 37 heavy (non-hydrogen) atoms. The van der Waals surface area contributed by atoms with E-state index >= 15 is 0 Å². The van der Waals surface area contributed by atoms with Crippen LogP contribution in [0.25, 0.3) is 0 Å². The number of carbonyl (C=O) groups is 4. The molecule has 0 radical (unpaired) electrons. The number of halogens is 1. The first-order valence-corrected chi connectivity index (χ1v) is 13.2. The van der Waals surface area contributed by atoms with Crippen LogP contribution < -0.4 is 16.0 Å². The number of aliphatic hydroxyl groups excluding tert-OH is 1. The summed E-state index contributed by atoms with van der Waals surface area (Å²) in [7, 11) is 0. The molecule has 1 aromatic carbocycles. The van der Waals surface area contributed by atoms with Crippen LogP contribution in [0.5, 0.6) is 0 Å². The van der Waals surface area contributed by atoms with Crippen molar-refractivity contribution in [2.45, 2.75) is 70.6 Å². The second-order valence-electron chi connectivity index (χ2n) is 10.2. The fourth-order valence-corrected chi connectivity index (χ4v) is 4.98. The van der Waals surface area contributed by atoms with Gasteiger partial charge in [-0.3, -0.25) is 14.4 Å². The molecule has 11 heteroatoms. The molecule has 3 rings (SSSR count). The van der Waals surface area contributed by atoms with Crippen LogP contribution in [0.3, 0.4) is 0 Å². The molecule has 4 N–H and O–H groups in total. The molecule has 1 aromatic rings. The van der Waals surface area contributed by atoms with Crippen molar-refractivity contribution in [3.8, 4) is 0 Å². The number of rotatable bonds is 12. The number of carbonyl (C=O) groups excluding carboxylic acids is 4. The molecule has 2 heterocycles. The lowest BCUT2D eigenvalue weighted by Crippen LogP contribution is -2.52. The van der Waals surface area contributed by atoms with Gasteiger partial charge in [0.05, 0.1) is 18.7 Å². The molecule has 2 aliphatic heterocycles. The average molecular weight is 537 g/mol. The van der Waals surface area contributed by atoms with E-state index < -0.39 is 24.1 Å². The normalized spacial score (nSPS) is 21.1. The van der Waals surface area contributed by atoms with Crippen LogP contribution in [-0.2, 0) is 25.7 Å². The smallest absolute Gasteiger partial charge is 0.407 e. The molecule has 4 atom stereocenters. The number of hydrogen-bond acceptors (Lipinski definition) is 6. The van der Waals surface area contributed by atoms with Gasteiger partial charge in [0.2, 0.25) is 17.7 Å². The lowest BCUT2D eigenvalue weighted by Gasteiger charge is -2.26. The van der Waals surface area contributed by atoms with Gasteiger partial charge in [0.1, 0.15) is 12.6 Å². The highest BCUT2D eigenvalue weighted by Gasteiger charge is 2.33. The third kappa shape index (κ3) is 8.60. The molecule has 2 aliphatic rings. The first-order valence-electron chi connectivity index (χ1n) is 12.8. The van der Waals surface area contributed by atoms with Crippen LogP contribution >= 0.6 is 11.6 Å². The maximum Gasteiger partial charge on any atom is 0.407 e. The number of hydrogen-bond donors (Lipinski definition) is 4. The van der Waals surface area contributed by atoms with Crippen LogP contribution in [0.2, 0.25) is 5.02 Å². The number of ether oxygens (including phenoxy) is 1.